The fraction of sp³-hybridized carbons (Fsp3) is 0.462. The minimum atomic E-state index is -0.195. The molecule has 0 radical (unpaired) electrons. The van der Waals surface area contributed by atoms with Gasteiger partial charge >= 0.3 is 5.97 Å². The van der Waals surface area contributed by atoms with Crippen LogP contribution < -0.4 is 0 Å². The molecule has 174 valence electrons. The summed E-state index contributed by atoms with van der Waals surface area (Å²) in [5.74, 6) is -0.195. The highest BCUT2D eigenvalue weighted by Crippen LogP contribution is 2.30. The monoisotopic (exact) mass is 467 g/mol. The molecule has 0 spiro atoms. The lowest BCUT2D eigenvalue weighted by Crippen LogP contribution is -2.58. The van der Waals surface area contributed by atoms with Crippen molar-refractivity contribution < 1.29 is 14.3 Å². The standard InChI is InChI=1S/C26H29N3O3.ClH/c1-17-12-20(5-7-24(17)27-3)25-14-29-11-10-28(13-21(29)15-31-25)9-8-19-4-6-22-23(18(19)2)16-32-26(22)30;/h4-7,12,21,25H,8-11,13-16H2,1-2H3;1H/t21-,25-;/m0./s1. The van der Waals surface area contributed by atoms with Crippen molar-refractivity contribution >= 4 is 24.1 Å². The molecule has 6 nitrogen and oxygen atoms in total. The Balaban J connectivity index is 0.00000259. The first-order valence-corrected chi connectivity index (χ1v) is 11.4. The van der Waals surface area contributed by atoms with E-state index >= 15 is 0 Å². The summed E-state index contributed by atoms with van der Waals surface area (Å²) < 4.78 is 11.5. The lowest BCUT2D eigenvalue weighted by Gasteiger charge is -2.46. The number of rotatable bonds is 4. The number of ether oxygens (including phenoxy) is 2. The van der Waals surface area contributed by atoms with Gasteiger partial charge in [-0.15, -0.1) is 12.4 Å². The van der Waals surface area contributed by atoms with Crippen LogP contribution in [0.15, 0.2) is 30.3 Å². The molecule has 3 aliphatic heterocycles. The van der Waals surface area contributed by atoms with Crippen molar-refractivity contribution in [1.82, 2.24) is 9.80 Å². The highest BCUT2D eigenvalue weighted by Gasteiger charge is 2.34. The third-order valence-electron chi connectivity index (χ3n) is 7.27. The number of nitrogens with zero attached hydrogens (tertiary/aromatic N) is 3. The molecule has 0 saturated carbocycles. The Kier molecular flexibility index (Phi) is 7.06. The normalized spacial score (nSPS) is 22.6. The Labute approximate surface area is 201 Å². The SMILES string of the molecule is Cl.[C-]#[N+]c1ccc([C@@H]2CN3CCN(CCc4ccc5c(c4C)COC5=O)C[C@H]3CO2)cc1C. The van der Waals surface area contributed by atoms with Crippen molar-refractivity contribution in [2.45, 2.75) is 39.0 Å². The average Bonchev–Trinajstić information content (AvgIpc) is 3.19. The minimum Gasteiger partial charge on any atom is -0.457 e. The summed E-state index contributed by atoms with van der Waals surface area (Å²) in [7, 11) is 0. The van der Waals surface area contributed by atoms with Gasteiger partial charge in [-0.3, -0.25) is 4.90 Å². The van der Waals surface area contributed by atoms with E-state index in [0.29, 0.717) is 18.3 Å². The maximum absolute atomic E-state index is 11.8. The fourth-order valence-corrected chi connectivity index (χ4v) is 5.21. The number of halogens is 1. The predicted molar refractivity (Wildman–Crippen MR) is 129 cm³/mol. The van der Waals surface area contributed by atoms with Crippen LogP contribution in [0.2, 0.25) is 0 Å². The van der Waals surface area contributed by atoms with Crippen LogP contribution in [0.4, 0.5) is 5.69 Å². The van der Waals surface area contributed by atoms with Crippen LogP contribution in [0.5, 0.6) is 0 Å². The molecule has 2 aromatic carbocycles. The molecule has 0 amide bonds. The summed E-state index contributed by atoms with van der Waals surface area (Å²) in [6, 6.07) is 10.5. The molecular formula is C26H30ClN3O3. The van der Waals surface area contributed by atoms with Crippen molar-refractivity contribution in [2.75, 3.05) is 39.3 Å². The maximum atomic E-state index is 11.8. The number of piperazine rings is 1. The Bertz CT molecular complexity index is 1100. The molecule has 0 N–H and O–H groups in total. The zero-order chi connectivity index (χ0) is 22.2. The van der Waals surface area contributed by atoms with Crippen LogP contribution in [-0.4, -0.2) is 61.1 Å². The molecule has 0 unspecified atom stereocenters. The first kappa shape index (κ1) is 23.7. The number of aryl methyl sites for hydroxylation is 1. The molecular weight excluding hydrogens is 438 g/mol. The Hall–Kier alpha value is -2.43. The number of hydrogen-bond acceptors (Lipinski definition) is 5. The van der Waals surface area contributed by atoms with E-state index in [9.17, 15) is 4.79 Å². The first-order valence-electron chi connectivity index (χ1n) is 11.4. The lowest BCUT2D eigenvalue weighted by molar-refractivity contribution is -0.0901. The molecule has 0 bridgehead atoms. The van der Waals surface area contributed by atoms with Gasteiger partial charge in [-0.2, -0.15) is 0 Å². The van der Waals surface area contributed by atoms with Crippen LogP contribution in [0.1, 0.15) is 44.3 Å². The number of esters is 1. The number of cyclic esters (lactones) is 1. The summed E-state index contributed by atoms with van der Waals surface area (Å²) >= 11 is 0. The van der Waals surface area contributed by atoms with Gasteiger partial charge < -0.3 is 14.4 Å². The number of fused-ring (bicyclic) bond motifs is 2. The summed E-state index contributed by atoms with van der Waals surface area (Å²) in [5, 5.41) is 0. The van der Waals surface area contributed by atoms with Crippen molar-refractivity contribution in [2.24, 2.45) is 0 Å². The Morgan fingerprint density at radius 3 is 2.79 bits per heavy atom. The third-order valence-corrected chi connectivity index (χ3v) is 7.27. The van der Waals surface area contributed by atoms with E-state index in [1.54, 1.807) is 0 Å². The smallest absolute Gasteiger partial charge is 0.338 e. The second kappa shape index (κ2) is 9.82. The number of carbonyl (C=O) groups is 1. The molecule has 3 heterocycles. The van der Waals surface area contributed by atoms with Crippen molar-refractivity contribution in [3.63, 3.8) is 0 Å². The van der Waals surface area contributed by atoms with Crippen molar-refractivity contribution in [1.29, 1.82) is 0 Å². The quantitative estimate of drug-likeness (QED) is 0.497. The van der Waals surface area contributed by atoms with Crippen LogP contribution in [-0.2, 0) is 22.5 Å². The van der Waals surface area contributed by atoms with Gasteiger partial charge in [0.2, 0.25) is 0 Å². The van der Waals surface area contributed by atoms with E-state index in [1.807, 2.05) is 25.1 Å². The van der Waals surface area contributed by atoms with Gasteiger partial charge in [0.25, 0.3) is 0 Å². The van der Waals surface area contributed by atoms with Gasteiger partial charge in [-0.1, -0.05) is 24.3 Å². The van der Waals surface area contributed by atoms with E-state index in [2.05, 4.69) is 33.7 Å². The second-order valence-electron chi connectivity index (χ2n) is 9.13. The molecule has 0 aromatic heterocycles. The summed E-state index contributed by atoms with van der Waals surface area (Å²) in [4.78, 5) is 20.4. The van der Waals surface area contributed by atoms with E-state index in [4.69, 9.17) is 16.0 Å². The molecule has 2 atom stereocenters. The predicted octanol–water partition coefficient (Wildman–Crippen LogP) is 4.25. The van der Waals surface area contributed by atoms with Gasteiger partial charge in [0.15, 0.2) is 5.69 Å². The molecule has 2 aromatic rings. The minimum absolute atomic E-state index is 0. The largest absolute Gasteiger partial charge is 0.457 e. The van der Waals surface area contributed by atoms with E-state index in [1.165, 1.54) is 16.7 Å². The summed E-state index contributed by atoms with van der Waals surface area (Å²) in [5.41, 5.74) is 7.21. The van der Waals surface area contributed by atoms with E-state index in [-0.39, 0.29) is 24.5 Å². The summed E-state index contributed by atoms with van der Waals surface area (Å²) in [6.45, 7) is 17.5. The van der Waals surface area contributed by atoms with Crippen LogP contribution in [0.3, 0.4) is 0 Å². The van der Waals surface area contributed by atoms with Gasteiger partial charge in [-0.25, -0.2) is 9.64 Å². The number of carbonyl (C=O) groups excluding carboxylic acids is 1. The highest BCUT2D eigenvalue weighted by atomic mass is 35.5. The highest BCUT2D eigenvalue weighted by molar-refractivity contribution is 5.93. The Morgan fingerprint density at radius 1 is 1.15 bits per heavy atom. The molecule has 0 aliphatic carbocycles. The zero-order valence-corrected chi connectivity index (χ0v) is 20.0. The zero-order valence-electron chi connectivity index (χ0n) is 19.2. The molecule has 3 aliphatic rings. The fourth-order valence-electron chi connectivity index (χ4n) is 5.21. The number of morpholine rings is 1. The van der Waals surface area contributed by atoms with Crippen LogP contribution >= 0.6 is 12.4 Å². The van der Waals surface area contributed by atoms with E-state index < -0.39 is 0 Å². The van der Waals surface area contributed by atoms with E-state index in [0.717, 1.165) is 62.4 Å². The third kappa shape index (κ3) is 4.64. The summed E-state index contributed by atoms with van der Waals surface area (Å²) in [6.07, 6.45) is 1.06. The molecule has 33 heavy (non-hydrogen) atoms. The maximum Gasteiger partial charge on any atom is 0.338 e. The van der Waals surface area contributed by atoms with Crippen LogP contribution in [0.25, 0.3) is 4.85 Å². The number of hydrogen-bond donors (Lipinski definition) is 0. The van der Waals surface area contributed by atoms with Gasteiger partial charge in [-0.05, 0) is 48.6 Å². The molecule has 7 heteroatoms. The number of benzene rings is 2. The van der Waals surface area contributed by atoms with Gasteiger partial charge in [0.1, 0.15) is 6.61 Å². The van der Waals surface area contributed by atoms with Crippen molar-refractivity contribution in [3.8, 4) is 0 Å². The van der Waals surface area contributed by atoms with Gasteiger partial charge in [0.05, 0.1) is 24.8 Å². The van der Waals surface area contributed by atoms with Crippen LogP contribution in [0, 0.1) is 20.4 Å². The lowest BCUT2D eigenvalue weighted by atomic mass is 9.96. The average molecular weight is 468 g/mol. The second-order valence-corrected chi connectivity index (χ2v) is 9.13. The molecule has 2 fully saturated rings. The molecule has 5 rings (SSSR count). The Morgan fingerprint density at radius 2 is 2.00 bits per heavy atom. The van der Waals surface area contributed by atoms with Crippen molar-refractivity contribution in [3.05, 3.63) is 75.1 Å². The topological polar surface area (TPSA) is 46.4 Å². The molecule has 2 saturated heterocycles. The first-order chi connectivity index (χ1) is 15.5. The van der Waals surface area contributed by atoms with Gasteiger partial charge in [0, 0.05) is 44.3 Å².